The predicted octanol–water partition coefficient (Wildman–Crippen LogP) is 1.63. The van der Waals surface area contributed by atoms with E-state index >= 15 is 0 Å². The van der Waals surface area contributed by atoms with Crippen molar-refractivity contribution < 1.29 is 9.59 Å². The van der Waals surface area contributed by atoms with Gasteiger partial charge in [-0.05, 0) is 45.2 Å². The lowest BCUT2D eigenvalue weighted by atomic mass is 9.72. The second-order valence-corrected chi connectivity index (χ2v) is 9.29. The molecule has 0 aliphatic carbocycles. The average molecular weight is 402 g/mol. The maximum atomic E-state index is 13.1. The number of amides is 2. The molecule has 0 saturated carbocycles. The second kappa shape index (κ2) is 8.46. The zero-order chi connectivity index (χ0) is 20.5. The summed E-state index contributed by atoms with van der Waals surface area (Å²) in [5, 5.41) is 0. The molecule has 1 aromatic rings. The van der Waals surface area contributed by atoms with E-state index in [4.69, 9.17) is 0 Å². The van der Waals surface area contributed by atoms with Crippen molar-refractivity contribution in [2.75, 3.05) is 33.7 Å². The lowest BCUT2D eigenvalue weighted by Gasteiger charge is -2.57. The third-order valence-electron chi connectivity index (χ3n) is 7.09. The molecule has 7 nitrogen and oxygen atoms in total. The molecule has 4 atom stereocenters. The van der Waals surface area contributed by atoms with Crippen LogP contribution in [0.1, 0.15) is 44.9 Å². The van der Waals surface area contributed by atoms with Crippen molar-refractivity contribution in [1.29, 1.82) is 0 Å². The molecule has 29 heavy (non-hydrogen) atoms. The highest BCUT2D eigenvalue weighted by Gasteiger charge is 2.49. The first-order chi connectivity index (χ1) is 14.0. The van der Waals surface area contributed by atoms with Crippen LogP contribution in [0.25, 0.3) is 0 Å². The molecule has 4 heterocycles. The Morgan fingerprint density at radius 1 is 1.28 bits per heavy atom. The van der Waals surface area contributed by atoms with Gasteiger partial charge in [0.25, 0.3) is 0 Å². The summed E-state index contributed by atoms with van der Waals surface area (Å²) in [6.45, 7) is 5.27. The fourth-order valence-electron chi connectivity index (χ4n) is 5.82. The number of aryl methyl sites for hydroxylation is 2. The van der Waals surface area contributed by atoms with Crippen molar-refractivity contribution in [3.05, 3.63) is 18.2 Å². The third kappa shape index (κ3) is 4.06. The van der Waals surface area contributed by atoms with Crippen molar-refractivity contribution in [1.82, 2.24) is 24.3 Å². The van der Waals surface area contributed by atoms with Gasteiger partial charge in [0.1, 0.15) is 5.82 Å². The van der Waals surface area contributed by atoms with Crippen molar-refractivity contribution in [2.45, 2.75) is 64.1 Å². The Hall–Kier alpha value is -1.89. The maximum absolute atomic E-state index is 13.1. The lowest BCUT2D eigenvalue weighted by Crippen LogP contribution is -2.67. The van der Waals surface area contributed by atoms with Gasteiger partial charge in [-0.15, -0.1) is 0 Å². The molecule has 3 aliphatic heterocycles. The zero-order valence-corrected chi connectivity index (χ0v) is 18.1. The molecule has 4 rings (SSSR count). The lowest BCUT2D eigenvalue weighted by molar-refractivity contribution is -0.157. The van der Waals surface area contributed by atoms with Crippen LogP contribution in [0.3, 0.4) is 0 Å². The molecule has 0 radical (unpaired) electrons. The van der Waals surface area contributed by atoms with Crippen molar-refractivity contribution in [3.8, 4) is 0 Å². The van der Waals surface area contributed by atoms with Gasteiger partial charge in [-0.25, -0.2) is 4.98 Å². The largest absolute Gasteiger partial charge is 0.342 e. The SMILES string of the molecule is CCc1nccn1CCC(=O)N1C[C@H]2C[C@@H](C1)[C@H](CN(C)C)N1C(=O)CCC[C@@H]21. The molecule has 3 fully saturated rings. The van der Waals surface area contributed by atoms with Gasteiger partial charge < -0.3 is 19.3 Å². The van der Waals surface area contributed by atoms with E-state index in [0.29, 0.717) is 43.2 Å². The van der Waals surface area contributed by atoms with Gasteiger partial charge in [0.05, 0.1) is 0 Å². The summed E-state index contributed by atoms with van der Waals surface area (Å²) in [5.41, 5.74) is 0. The second-order valence-electron chi connectivity index (χ2n) is 9.29. The van der Waals surface area contributed by atoms with Crippen molar-refractivity contribution in [2.24, 2.45) is 11.8 Å². The van der Waals surface area contributed by atoms with Gasteiger partial charge in [0.2, 0.25) is 11.8 Å². The number of carbonyl (C=O) groups excluding carboxylic acids is 2. The van der Waals surface area contributed by atoms with E-state index in [2.05, 4.69) is 45.3 Å². The van der Waals surface area contributed by atoms with Gasteiger partial charge >= 0.3 is 0 Å². The van der Waals surface area contributed by atoms with E-state index < -0.39 is 0 Å². The molecule has 0 N–H and O–H groups in total. The molecule has 1 aromatic heterocycles. The topological polar surface area (TPSA) is 61.7 Å². The Bertz CT molecular complexity index is 745. The van der Waals surface area contributed by atoms with Crippen LogP contribution >= 0.6 is 0 Å². The van der Waals surface area contributed by atoms with Gasteiger partial charge in [0.15, 0.2) is 0 Å². The van der Waals surface area contributed by atoms with Crippen LogP contribution in [0, 0.1) is 11.8 Å². The number of aromatic nitrogens is 2. The maximum Gasteiger partial charge on any atom is 0.224 e. The minimum atomic E-state index is 0.231. The van der Waals surface area contributed by atoms with Crippen LogP contribution in [-0.2, 0) is 22.6 Å². The minimum absolute atomic E-state index is 0.231. The number of likely N-dealkylation sites (N-methyl/N-ethyl adjacent to an activating group) is 1. The minimum Gasteiger partial charge on any atom is -0.342 e. The summed E-state index contributed by atoms with van der Waals surface area (Å²) in [6.07, 6.45) is 9.10. The van der Waals surface area contributed by atoms with Gasteiger partial charge in [-0.1, -0.05) is 6.92 Å². The molecule has 7 heteroatoms. The number of fused-ring (bicyclic) bond motifs is 4. The molecule has 3 aliphatic rings. The van der Waals surface area contributed by atoms with Crippen LogP contribution in [-0.4, -0.2) is 81.9 Å². The van der Waals surface area contributed by atoms with E-state index in [9.17, 15) is 9.59 Å². The summed E-state index contributed by atoms with van der Waals surface area (Å²) in [4.78, 5) is 36.7. The van der Waals surface area contributed by atoms with Crippen LogP contribution in [0.15, 0.2) is 12.4 Å². The summed E-state index contributed by atoms with van der Waals surface area (Å²) in [6, 6.07) is 0.545. The van der Waals surface area contributed by atoms with Crippen LogP contribution in [0.5, 0.6) is 0 Å². The molecular weight excluding hydrogens is 366 g/mol. The Morgan fingerprint density at radius 3 is 2.83 bits per heavy atom. The Balaban J connectivity index is 1.46. The van der Waals surface area contributed by atoms with Gasteiger partial charge in [0, 0.05) is 69.9 Å². The smallest absolute Gasteiger partial charge is 0.224 e. The summed E-state index contributed by atoms with van der Waals surface area (Å²) < 4.78 is 2.10. The normalized spacial score (nSPS) is 29.3. The first-order valence-electron chi connectivity index (χ1n) is 11.2. The highest BCUT2D eigenvalue weighted by Crippen LogP contribution is 2.41. The van der Waals surface area contributed by atoms with Crippen molar-refractivity contribution >= 4 is 11.8 Å². The van der Waals surface area contributed by atoms with E-state index in [1.165, 1.54) is 0 Å². The Kier molecular flexibility index (Phi) is 5.95. The van der Waals surface area contributed by atoms with E-state index in [1.54, 1.807) is 0 Å². The number of hydrogen-bond acceptors (Lipinski definition) is 4. The highest BCUT2D eigenvalue weighted by atomic mass is 16.2. The number of carbonyl (C=O) groups is 2. The number of piperidine rings is 3. The predicted molar refractivity (Wildman–Crippen MR) is 111 cm³/mol. The molecule has 2 amide bonds. The number of rotatable bonds is 6. The summed E-state index contributed by atoms with van der Waals surface area (Å²) >= 11 is 0. The fraction of sp³-hybridized carbons (Fsp3) is 0.773. The van der Waals surface area contributed by atoms with E-state index in [-0.39, 0.29) is 11.9 Å². The number of imidazole rings is 1. The Labute approximate surface area is 174 Å². The standard InChI is InChI=1S/C22H35N5O2/c1-4-20-23-9-11-25(20)10-8-21(28)26-13-16-12-17(14-26)19(15-24(2)3)27-18(16)6-5-7-22(27)29/h9,11,16-19H,4-8,10,12-15H2,1-3H3/t16-,17+,18+,19+/m1/s1. The molecule has 0 aromatic carbocycles. The number of likely N-dealkylation sites (tertiary alicyclic amines) is 1. The quantitative estimate of drug-likeness (QED) is 0.727. The fourth-order valence-corrected chi connectivity index (χ4v) is 5.82. The molecule has 160 valence electrons. The molecular formula is C22H35N5O2. The molecule has 0 spiro atoms. The number of hydrogen-bond donors (Lipinski definition) is 0. The first-order valence-corrected chi connectivity index (χ1v) is 11.2. The van der Waals surface area contributed by atoms with Crippen LogP contribution in [0.4, 0.5) is 0 Å². The van der Waals surface area contributed by atoms with Gasteiger partial charge in [-0.3, -0.25) is 9.59 Å². The zero-order valence-electron chi connectivity index (χ0n) is 18.1. The highest BCUT2D eigenvalue weighted by molar-refractivity contribution is 5.78. The van der Waals surface area contributed by atoms with E-state index in [1.807, 2.05) is 12.4 Å². The Morgan fingerprint density at radius 2 is 2.07 bits per heavy atom. The molecule has 0 unspecified atom stereocenters. The monoisotopic (exact) mass is 401 g/mol. The van der Waals surface area contributed by atoms with E-state index in [0.717, 1.165) is 51.1 Å². The van der Waals surface area contributed by atoms with Crippen molar-refractivity contribution in [3.63, 3.8) is 0 Å². The average Bonchev–Trinajstić information content (AvgIpc) is 3.16. The molecule has 2 bridgehead atoms. The summed E-state index contributed by atoms with van der Waals surface area (Å²) in [7, 11) is 4.16. The molecule has 3 saturated heterocycles. The number of nitrogens with zero attached hydrogens (tertiary/aromatic N) is 5. The van der Waals surface area contributed by atoms with Crippen LogP contribution < -0.4 is 0 Å². The van der Waals surface area contributed by atoms with Crippen LogP contribution in [0.2, 0.25) is 0 Å². The first kappa shape index (κ1) is 20.4. The van der Waals surface area contributed by atoms with Gasteiger partial charge in [-0.2, -0.15) is 0 Å². The summed E-state index contributed by atoms with van der Waals surface area (Å²) in [5.74, 6) is 2.43. The third-order valence-corrected chi connectivity index (χ3v) is 7.09.